The van der Waals surface area contributed by atoms with Crippen LogP contribution in [-0.4, -0.2) is 24.8 Å². The molecule has 0 bridgehead atoms. The smallest absolute Gasteiger partial charge is 0.129 e. The van der Waals surface area contributed by atoms with E-state index in [0.29, 0.717) is 0 Å². The van der Waals surface area contributed by atoms with Crippen LogP contribution in [0.1, 0.15) is 6.92 Å². The number of nitrogens with zero attached hydrogens (tertiary/aromatic N) is 1. The van der Waals surface area contributed by atoms with E-state index in [9.17, 15) is 0 Å². The van der Waals surface area contributed by atoms with Crippen LogP contribution in [0.5, 0.6) is 0 Å². The van der Waals surface area contributed by atoms with E-state index < -0.39 is 0 Å². The predicted octanol–water partition coefficient (Wildman–Crippen LogP) is 0.609. The van der Waals surface area contributed by atoms with Crippen molar-refractivity contribution in [1.82, 2.24) is 0 Å². The number of ether oxygens (including phenoxy) is 1. The Kier molecular flexibility index (Phi) is 2.04. The number of rotatable bonds is 2. The van der Waals surface area contributed by atoms with Gasteiger partial charge in [-0.3, -0.25) is 0 Å². The third-order valence-corrected chi connectivity index (χ3v) is 1.68. The Labute approximate surface area is 56.6 Å². The lowest BCUT2D eigenvalue weighted by atomic mass is 10.3. The van der Waals surface area contributed by atoms with E-state index in [1.165, 1.54) is 7.11 Å². The molecule has 1 saturated heterocycles. The summed E-state index contributed by atoms with van der Waals surface area (Å²) < 4.78 is 5.08. The second-order valence-electron chi connectivity index (χ2n) is 1.94. The van der Waals surface area contributed by atoms with E-state index in [-0.39, 0.29) is 11.9 Å². The third-order valence-electron chi connectivity index (χ3n) is 1.17. The molecule has 0 radical (unpaired) electrons. The van der Waals surface area contributed by atoms with Crippen LogP contribution in [0.2, 0.25) is 0 Å². The van der Waals surface area contributed by atoms with Crippen molar-refractivity contribution < 1.29 is 9.57 Å². The van der Waals surface area contributed by atoms with Crippen LogP contribution in [0, 0.1) is 0 Å². The Balaban J connectivity index is 2.35. The molecule has 3 unspecified atom stereocenters. The fourth-order valence-electron chi connectivity index (χ4n) is 0.656. The highest BCUT2D eigenvalue weighted by molar-refractivity contribution is 7.18. The van der Waals surface area contributed by atoms with E-state index in [4.69, 9.17) is 4.74 Å². The van der Waals surface area contributed by atoms with Crippen LogP contribution in [0.3, 0.4) is 0 Å². The average molecular weight is 147 g/mol. The van der Waals surface area contributed by atoms with Gasteiger partial charge in [0.15, 0.2) is 0 Å². The molecule has 0 aliphatic carbocycles. The zero-order valence-corrected chi connectivity index (χ0v) is 6.65. The summed E-state index contributed by atoms with van der Waals surface area (Å²) >= 11 is 0. The van der Waals surface area contributed by atoms with Gasteiger partial charge < -0.3 is 9.57 Å². The van der Waals surface area contributed by atoms with Crippen molar-refractivity contribution in [3.05, 3.63) is 0 Å². The van der Waals surface area contributed by atoms with Gasteiger partial charge in [0.2, 0.25) is 0 Å². The molecule has 0 N–H and O–H groups in total. The van der Waals surface area contributed by atoms with Crippen molar-refractivity contribution in [3.8, 4) is 0 Å². The molecule has 1 aliphatic heterocycles. The summed E-state index contributed by atoms with van der Waals surface area (Å²) in [4.78, 5) is 4.55. The van der Waals surface area contributed by atoms with Crippen LogP contribution in [-0.2, 0) is 9.57 Å². The van der Waals surface area contributed by atoms with E-state index >= 15 is 0 Å². The van der Waals surface area contributed by atoms with E-state index in [1.807, 2.05) is 6.92 Å². The molecule has 1 aliphatic rings. The van der Waals surface area contributed by atoms with Gasteiger partial charge in [-0.2, -0.15) is 0 Å². The first-order valence-corrected chi connectivity index (χ1v) is 3.41. The van der Waals surface area contributed by atoms with Crippen LogP contribution < -0.4 is 0 Å². The highest BCUT2D eigenvalue weighted by atomic mass is 31.0. The molecule has 0 aromatic carbocycles. The molecule has 1 heterocycles. The number of hydrogen-bond acceptors (Lipinski definition) is 3. The maximum atomic E-state index is 5.08. The van der Waals surface area contributed by atoms with Crippen molar-refractivity contribution in [3.63, 3.8) is 0 Å². The second-order valence-corrected chi connectivity index (χ2v) is 2.59. The first-order chi connectivity index (χ1) is 4.25. The lowest BCUT2D eigenvalue weighted by Gasteiger charge is -1.89. The summed E-state index contributed by atoms with van der Waals surface area (Å²) in [5.74, 6) is 0.254. The van der Waals surface area contributed by atoms with Crippen molar-refractivity contribution >= 4 is 15.0 Å². The van der Waals surface area contributed by atoms with Crippen LogP contribution in [0.25, 0.3) is 0 Å². The number of oxime groups is 1. The largest absolute Gasteiger partial charge is 0.399 e. The fourth-order valence-corrected chi connectivity index (χ4v) is 1.10. The summed E-state index contributed by atoms with van der Waals surface area (Å²) in [6.07, 6.45) is 0.176. The summed E-state index contributed by atoms with van der Waals surface area (Å²) in [5, 5.41) is 3.72. The summed E-state index contributed by atoms with van der Waals surface area (Å²) in [6.45, 7) is 1.89. The molecule has 0 saturated carbocycles. The quantitative estimate of drug-likeness (QED) is 0.248. The Bertz CT molecular complexity index is 137. The first kappa shape index (κ1) is 6.97. The molecule has 0 aromatic heterocycles. The maximum absolute atomic E-state index is 5.08. The van der Waals surface area contributed by atoms with Crippen molar-refractivity contribution in [2.75, 3.05) is 7.11 Å². The van der Waals surface area contributed by atoms with E-state index in [0.717, 1.165) is 5.71 Å². The Hall–Kier alpha value is -0.140. The van der Waals surface area contributed by atoms with Gasteiger partial charge in [0.25, 0.3) is 0 Å². The molecule has 9 heavy (non-hydrogen) atoms. The van der Waals surface area contributed by atoms with E-state index in [2.05, 4.69) is 19.2 Å². The van der Waals surface area contributed by atoms with Crippen molar-refractivity contribution in [1.29, 1.82) is 0 Å². The van der Waals surface area contributed by atoms with Crippen molar-refractivity contribution in [2.24, 2.45) is 5.16 Å². The van der Waals surface area contributed by atoms with Gasteiger partial charge in [-0.1, -0.05) is 5.16 Å². The lowest BCUT2D eigenvalue weighted by molar-refractivity contribution is 0.211. The van der Waals surface area contributed by atoms with Gasteiger partial charge in [0.1, 0.15) is 19.1 Å². The van der Waals surface area contributed by atoms with Crippen LogP contribution in [0.4, 0.5) is 0 Å². The van der Waals surface area contributed by atoms with Gasteiger partial charge in [-0.15, -0.1) is 9.24 Å². The number of epoxide rings is 1. The van der Waals surface area contributed by atoms with Gasteiger partial charge in [-0.05, 0) is 6.92 Å². The molecule has 0 spiro atoms. The molecule has 3 atom stereocenters. The lowest BCUT2D eigenvalue weighted by Crippen LogP contribution is -2.02. The Morgan fingerprint density at radius 3 is 2.67 bits per heavy atom. The van der Waals surface area contributed by atoms with Crippen LogP contribution in [0.15, 0.2) is 5.16 Å². The van der Waals surface area contributed by atoms with Crippen molar-refractivity contribution in [2.45, 2.75) is 18.9 Å². The van der Waals surface area contributed by atoms with E-state index in [1.54, 1.807) is 0 Å². The molecule has 1 rings (SSSR count). The van der Waals surface area contributed by atoms with Gasteiger partial charge in [-0.25, -0.2) is 0 Å². The highest BCUT2D eigenvalue weighted by Crippen LogP contribution is 2.28. The standard InChI is InChI=1S/C5H10NO2P/c1-3(6-7-2)4-5(9)8-4/h4-5H,9H2,1-2H3. The highest BCUT2D eigenvalue weighted by Gasteiger charge is 2.37. The molecule has 1 fully saturated rings. The minimum atomic E-state index is 0.176. The minimum absolute atomic E-state index is 0.176. The topological polar surface area (TPSA) is 34.1 Å². The maximum Gasteiger partial charge on any atom is 0.129 e. The van der Waals surface area contributed by atoms with Gasteiger partial charge in [0, 0.05) is 0 Å². The molecule has 52 valence electrons. The SMILES string of the molecule is CON=C(C)C1OC1P. The predicted molar refractivity (Wildman–Crippen MR) is 38.5 cm³/mol. The monoisotopic (exact) mass is 147 g/mol. The average Bonchev–Trinajstić information content (AvgIpc) is 2.47. The molecule has 4 heteroatoms. The zero-order chi connectivity index (χ0) is 6.85. The molecular formula is C5H10NO2P. The summed E-state index contributed by atoms with van der Waals surface area (Å²) in [5.41, 5.74) is 0.900. The normalized spacial score (nSPS) is 34.3. The summed E-state index contributed by atoms with van der Waals surface area (Å²) in [7, 11) is 4.10. The minimum Gasteiger partial charge on any atom is -0.399 e. The zero-order valence-electron chi connectivity index (χ0n) is 5.50. The second kappa shape index (κ2) is 2.63. The fraction of sp³-hybridized carbons (Fsp3) is 0.800. The first-order valence-electron chi connectivity index (χ1n) is 2.74. The Morgan fingerprint density at radius 1 is 1.78 bits per heavy atom. The molecule has 0 aromatic rings. The third kappa shape index (κ3) is 1.63. The molecular weight excluding hydrogens is 137 g/mol. The van der Waals surface area contributed by atoms with Gasteiger partial charge in [0.05, 0.1) is 5.71 Å². The number of hydrogen-bond donors (Lipinski definition) is 0. The van der Waals surface area contributed by atoms with Crippen LogP contribution >= 0.6 is 9.24 Å². The summed E-state index contributed by atoms with van der Waals surface area (Å²) in [6, 6.07) is 0. The molecule has 3 nitrogen and oxygen atoms in total. The van der Waals surface area contributed by atoms with Gasteiger partial charge >= 0.3 is 0 Å². The molecule has 0 amide bonds. The Morgan fingerprint density at radius 2 is 2.33 bits per heavy atom.